The van der Waals surface area contributed by atoms with Crippen LogP contribution in [0.1, 0.15) is 99.8 Å². The number of ether oxygens (including phenoxy) is 2. The van der Waals surface area contributed by atoms with E-state index in [4.69, 9.17) is 9.47 Å². The minimum Gasteiger partial charge on any atom is -0.488 e. The van der Waals surface area contributed by atoms with Crippen molar-refractivity contribution in [2.24, 2.45) is 39.9 Å². The summed E-state index contributed by atoms with van der Waals surface area (Å²) in [5.74, 6) is 2.84. The summed E-state index contributed by atoms with van der Waals surface area (Å²) in [5, 5.41) is 0. The number of Topliss-reactive ketones (excluding diaryl/α,β-unsaturated/α-hetero) is 1. The van der Waals surface area contributed by atoms with Gasteiger partial charge in [-0.1, -0.05) is 45.8 Å². The van der Waals surface area contributed by atoms with Crippen LogP contribution in [-0.4, -0.2) is 22.6 Å². The topological polar surface area (TPSA) is 35.5 Å². The second kappa shape index (κ2) is 5.66. The van der Waals surface area contributed by atoms with Crippen LogP contribution in [0.15, 0.2) is 23.0 Å². The second-order valence-electron chi connectivity index (χ2n) is 14.5. The number of ketones is 1. The van der Waals surface area contributed by atoms with Crippen molar-refractivity contribution in [3.05, 3.63) is 23.0 Å². The number of hydrogen-bond acceptors (Lipinski definition) is 3. The zero-order chi connectivity index (χ0) is 23.4. The molecule has 5 fully saturated rings. The molecule has 2 saturated heterocycles. The third-order valence-electron chi connectivity index (χ3n) is 12.2. The molecule has 7 rings (SSSR count). The maximum absolute atomic E-state index is 14.8. The Morgan fingerprint density at radius 2 is 1.82 bits per heavy atom. The lowest BCUT2D eigenvalue weighted by Gasteiger charge is -2.60. The fourth-order valence-electron chi connectivity index (χ4n) is 11.3. The van der Waals surface area contributed by atoms with E-state index in [2.05, 4.69) is 54.5 Å². The van der Waals surface area contributed by atoms with Gasteiger partial charge in [0.2, 0.25) is 0 Å². The first-order chi connectivity index (χ1) is 15.4. The normalized spacial score (nSPS) is 52.3. The molecule has 5 aliphatic carbocycles. The molecule has 7 aliphatic rings. The van der Waals surface area contributed by atoms with Crippen LogP contribution in [0.25, 0.3) is 0 Å². The summed E-state index contributed by atoms with van der Waals surface area (Å²) in [7, 11) is 0. The Labute approximate surface area is 199 Å². The van der Waals surface area contributed by atoms with Crippen molar-refractivity contribution in [1.29, 1.82) is 0 Å². The summed E-state index contributed by atoms with van der Waals surface area (Å²) in [6, 6.07) is 0. The third kappa shape index (κ3) is 1.92. The predicted octanol–water partition coefficient (Wildman–Crippen LogP) is 6.76. The summed E-state index contributed by atoms with van der Waals surface area (Å²) in [5.41, 5.74) is 1.45. The molecule has 33 heavy (non-hydrogen) atoms. The molecule has 0 N–H and O–H groups in total. The van der Waals surface area contributed by atoms with Crippen LogP contribution in [0.5, 0.6) is 0 Å². The SMILES string of the molecule is CC1=CC[C@]23CCC4C(C)(C)CCC[C@]45C[C@]24C1C[C@H]1C(C)(C)OC(=C(C(C)C)C3=O)[C@@]14O5. The summed E-state index contributed by atoms with van der Waals surface area (Å²) in [4.78, 5) is 14.8. The van der Waals surface area contributed by atoms with E-state index in [1.807, 2.05) is 0 Å². The lowest BCUT2D eigenvalue weighted by atomic mass is 9.42. The van der Waals surface area contributed by atoms with Gasteiger partial charge in [0.05, 0.1) is 5.60 Å². The first kappa shape index (κ1) is 21.2. The Kier molecular flexibility index (Phi) is 3.64. The van der Waals surface area contributed by atoms with Crippen LogP contribution < -0.4 is 0 Å². The molecule has 2 heterocycles. The maximum atomic E-state index is 14.8. The smallest absolute Gasteiger partial charge is 0.169 e. The first-order valence-corrected chi connectivity index (χ1v) is 13.7. The van der Waals surface area contributed by atoms with Gasteiger partial charge in [-0.3, -0.25) is 4.79 Å². The van der Waals surface area contributed by atoms with Gasteiger partial charge in [0.25, 0.3) is 0 Å². The molecular formula is C30H42O3. The fourth-order valence-corrected chi connectivity index (χ4v) is 11.3. The number of rotatable bonds is 1. The molecule has 3 heteroatoms. The summed E-state index contributed by atoms with van der Waals surface area (Å²) in [6.07, 6.45) is 11.4. The molecular weight excluding hydrogens is 408 g/mol. The van der Waals surface area contributed by atoms with Gasteiger partial charge in [-0.2, -0.15) is 0 Å². The number of carbonyl (C=O) groups is 1. The minimum absolute atomic E-state index is 0.111. The molecule has 7 atom stereocenters. The lowest BCUT2D eigenvalue weighted by molar-refractivity contribution is -0.207. The van der Waals surface area contributed by atoms with Crippen LogP contribution in [-0.2, 0) is 14.3 Å². The van der Waals surface area contributed by atoms with Gasteiger partial charge < -0.3 is 9.47 Å². The van der Waals surface area contributed by atoms with Crippen LogP contribution in [0.2, 0.25) is 0 Å². The van der Waals surface area contributed by atoms with Crippen molar-refractivity contribution in [3.63, 3.8) is 0 Å². The molecule has 180 valence electrons. The molecule has 0 aromatic rings. The number of hydrogen-bond donors (Lipinski definition) is 0. The maximum Gasteiger partial charge on any atom is 0.169 e. The highest BCUT2D eigenvalue weighted by molar-refractivity contribution is 6.04. The molecule has 2 aliphatic heterocycles. The highest BCUT2D eigenvalue weighted by atomic mass is 16.6. The van der Waals surface area contributed by atoms with Crippen LogP contribution >= 0.6 is 0 Å². The average Bonchev–Trinajstić information content (AvgIpc) is 3.18. The van der Waals surface area contributed by atoms with Gasteiger partial charge in [-0.15, -0.1) is 0 Å². The molecule has 0 aromatic carbocycles. The first-order valence-electron chi connectivity index (χ1n) is 13.7. The van der Waals surface area contributed by atoms with Crippen molar-refractivity contribution in [2.75, 3.05) is 0 Å². The molecule has 0 aromatic heterocycles. The molecule has 3 saturated carbocycles. The van der Waals surface area contributed by atoms with E-state index in [0.717, 1.165) is 49.9 Å². The molecule has 3 nitrogen and oxygen atoms in total. The van der Waals surface area contributed by atoms with Gasteiger partial charge in [0.1, 0.15) is 17.0 Å². The summed E-state index contributed by atoms with van der Waals surface area (Å²) in [6.45, 7) is 16.2. The highest BCUT2D eigenvalue weighted by Crippen LogP contribution is 2.86. The molecule has 2 unspecified atom stereocenters. The van der Waals surface area contributed by atoms with E-state index in [-0.39, 0.29) is 33.4 Å². The van der Waals surface area contributed by atoms with E-state index < -0.39 is 5.60 Å². The Balaban J connectivity index is 1.61. The lowest BCUT2D eigenvalue weighted by Crippen LogP contribution is -2.65. The number of carbonyl (C=O) groups excluding carboxylic acids is 1. The Hall–Kier alpha value is -1.09. The second-order valence-corrected chi connectivity index (χ2v) is 14.5. The van der Waals surface area contributed by atoms with Crippen molar-refractivity contribution in [3.8, 4) is 0 Å². The summed E-state index contributed by atoms with van der Waals surface area (Å²) < 4.78 is 14.8. The highest BCUT2D eigenvalue weighted by Gasteiger charge is 2.90. The Morgan fingerprint density at radius 3 is 2.55 bits per heavy atom. The fraction of sp³-hybridized carbons (Fsp3) is 0.833. The van der Waals surface area contributed by atoms with Crippen LogP contribution in [0.4, 0.5) is 0 Å². The molecule has 0 radical (unpaired) electrons. The van der Waals surface area contributed by atoms with Crippen molar-refractivity contribution < 1.29 is 14.3 Å². The largest absolute Gasteiger partial charge is 0.488 e. The molecule has 0 amide bonds. The predicted molar refractivity (Wildman–Crippen MR) is 128 cm³/mol. The van der Waals surface area contributed by atoms with Crippen LogP contribution in [0.3, 0.4) is 0 Å². The van der Waals surface area contributed by atoms with Gasteiger partial charge in [0, 0.05) is 22.3 Å². The zero-order valence-corrected chi connectivity index (χ0v) is 21.8. The van der Waals surface area contributed by atoms with E-state index in [9.17, 15) is 4.79 Å². The average molecular weight is 451 g/mol. The van der Waals surface area contributed by atoms with Crippen molar-refractivity contribution in [1.82, 2.24) is 0 Å². The van der Waals surface area contributed by atoms with E-state index in [1.54, 1.807) is 0 Å². The van der Waals surface area contributed by atoms with E-state index >= 15 is 0 Å². The standard InChI is InChI=1S/C30H42O3/c1-17(2)22-23(31)27-13-9-18(3)19-15-21-26(6,7)32-24(22)30(21)29(19,27)16-28(33-30)12-8-11-25(4,5)20(28)10-14-27/h9,17,19-21H,8,10-16H2,1-7H3/t19?,20?,21-,27+,28-,29-,30-/m0/s1. The minimum atomic E-state index is -0.420. The van der Waals surface area contributed by atoms with Crippen LogP contribution in [0, 0.1) is 39.9 Å². The van der Waals surface area contributed by atoms with E-state index in [0.29, 0.717) is 23.5 Å². The summed E-state index contributed by atoms with van der Waals surface area (Å²) >= 11 is 0. The van der Waals surface area contributed by atoms with Gasteiger partial charge in [0.15, 0.2) is 5.78 Å². The zero-order valence-electron chi connectivity index (χ0n) is 21.8. The third-order valence-corrected chi connectivity index (χ3v) is 12.2. The number of allylic oxidation sites excluding steroid dienone is 3. The monoisotopic (exact) mass is 450 g/mol. The van der Waals surface area contributed by atoms with Gasteiger partial charge in [-0.25, -0.2) is 0 Å². The van der Waals surface area contributed by atoms with E-state index in [1.165, 1.54) is 18.4 Å². The van der Waals surface area contributed by atoms with Gasteiger partial charge >= 0.3 is 0 Å². The molecule has 3 spiro atoms. The van der Waals surface area contributed by atoms with Gasteiger partial charge in [-0.05, 0) is 88.9 Å². The quantitative estimate of drug-likeness (QED) is 0.414. The Bertz CT molecular complexity index is 1040. The molecule has 2 bridgehead atoms. The van der Waals surface area contributed by atoms with Crippen molar-refractivity contribution in [2.45, 2.75) is 117 Å². The van der Waals surface area contributed by atoms with Crippen molar-refractivity contribution >= 4 is 5.78 Å². The Morgan fingerprint density at radius 1 is 1.06 bits per heavy atom.